The zero-order chi connectivity index (χ0) is 26.2. The third kappa shape index (κ3) is 5.26. The van der Waals surface area contributed by atoms with Crippen molar-refractivity contribution in [3.63, 3.8) is 0 Å². The number of nitrogens with one attached hydrogen (secondary N) is 1. The number of fused-ring (bicyclic) bond motifs is 5. The Hall–Kier alpha value is -1.39. The third-order valence-corrected chi connectivity index (χ3v) is 12.2. The van der Waals surface area contributed by atoms with Crippen molar-refractivity contribution in [2.24, 2.45) is 46.3 Å². The van der Waals surface area contributed by atoms with Crippen molar-refractivity contribution >= 4 is 5.97 Å². The van der Waals surface area contributed by atoms with Gasteiger partial charge in [-0.3, -0.25) is 4.79 Å². The Bertz CT molecular complexity index is 919. The number of hydrogen-bond acceptors (Lipinski definition) is 3. The number of aliphatic hydroxyl groups excluding tert-OH is 1. The van der Waals surface area contributed by atoms with Crippen LogP contribution in [-0.2, 0) is 11.2 Å². The molecule has 206 valence electrons. The Morgan fingerprint density at radius 3 is 2.49 bits per heavy atom. The molecule has 4 aliphatic carbocycles. The molecule has 1 aromatic carbocycles. The quantitative estimate of drug-likeness (QED) is 0.324. The van der Waals surface area contributed by atoms with Crippen LogP contribution in [0.3, 0.4) is 0 Å². The van der Waals surface area contributed by atoms with Crippen molar-refractivity contribution in [3.05, 3.63) is 35.9 Å². The fraction of sp³-hybridized carbons (Fsp3) is 0.788. The maximum absolute atomic E-state index is 11.8. The van der Waals surface area contributed by atoms with E-state index in [9.17, 15) is 15.0 Å². The molecular formula is C33H51NO3. The first kappa shape index (κ1) is 27.2. The van der Waals surface area contributed by atoms with Crippen molar-refractivity contribution in [2.45, 2.75) is 110 Å². The zero-order valence-corrected chi connectivity index (χ0v) is 23.5. The summed E-state index contributed by atoms with van der Waals surface area (Å²) in [7, 11) is 0. The highest BCUT2D eigenvalue weighted by molar-refractivity contribution is 5.73. The number of benzene rings is 1. The third-order valence-electron chi connectivity index (χ3n) is 12.2. The summed E-state index contributed by atoms with van der Waals surface area (Å²) < 4.78 is 0. The van der Waals surface area contributed by atoms with Gasteiger partial charge in [-0.15, -0.1) is 0 Å². The lowest BCUT2D eigenvalue weighted by Crippen LogP contribution is -2.54. The molecular weight excluding hydrogens is 458 g/mol. The summed E-state index contributed by atoms with van der Waals surface area (Å²) in [5, 5.41) is 23.4. The molecule has 37 heavy (non-hydrogen) atoms. The van der Waals surface area contributed by atoms with Crippen LogP contribution in [0, 0.1) is 46.3 Å². The van der Waals surface area contributed by atoms with E-state index in [-0.39, 0.29) is 6.10 Å². The van der Waals surface area contributed by atoms with E-state index in [0.717, 1.165) is 61.0 Å². The van der Waals surface area contributed by atoms with Gasteiger partial charge >= 0.3 is 5.97 Å². The highest BCUT2D eigenvalue weighted by atomic mass is 16.4. The van der Waals surface area contributed by atoms with Crippen molar-refractivity contribution in [2.75, 3.05) is 6.54 Å². The summed E-state index contributed by atoms with van der Waals surface area (Å²) in [6.45, 7) is 8.48. The highest BCUT2D eigenvalue weighted by Gasteiger charge is 2.60. The molecule has 0 bridgehead atoms. The monoisotopic (exact) mass is 509 g/mol. The average molecular weight is 510 g/mol. The van der Waals surface area contributed by atoms with Crippen LogP contribution >= 0.6 is 0 Å². The summed E-state index contributed by atoms with van der Waals surface area (Å²) in [6.07, 6.45) is 14.3. The number of rotatable bonds is 9. The molecule has 4 heteroatoms. The van der Waals surface area contributed by atoms with Crippen molar-refractivity contribution in [1.29, 1.82) is 0 Å². The van der Waals surface area contributed by atoms with E-state index in [1.165, 1.54) is 51.4 Å². The fourth-order valence-electron chi connectivity index (χ4n) is 10.2. The van der Waals surface area contributed by atoms with Gasteiger partial charge in [-0.2, -0.15) is 0 Å². The van der Waals surface area contributed by atoms with Crippen LogP contribution in [0.1, 0.15) is 97.0 Å². The molecule has 5 rings (SSSR count). The zero-order valence-electron chi connectivity index (χ0n) is 23.5. The van der Waals surface area contributed by atoms with Crippen LogP contribution in [0.2, 0.25) is 0 Å². The summed E-state index contributed by atoms with van der Waals surface area (Å²) in [4.78, 5) is 11.8. The molecule has 0 aliphatic heterocycles. The topological polar surface area (TPSA) is 69.6 Å². The Morgan fingerprint density at radius 2 is 1.73 bits per heavy atom. The Labute approximate surface area is 225 Å². The van der Waals surface area contributed by atoms with Crippen LogP contribution in [0.15, 0.2) is 30.3 Å². The minimum atomic E-state index is -0.754. The van der Waals surface area contributed by atoms with Crippen LogP contribution < -0.4 is 5.32 Å². The summed E-state index contributed by atoms with van der Waals surface area (Å²) >= 11 is 0. The van der Waals surface area contributed by atoms with E-state index >= 15 is 0 Å². The number of aliphatic carboxylic acids is 1. The minimum Gasteiger partial charge on any atom is -0.480 e. The van der Waals surface area contributed by atoms with E-state index in [2.05, 4.69) is 26.1 Å². The smallest absolute Gasteiger partial charge is 0.321 e. The highest BCUT2D eigenvalue weighted by Crippen LogP contribution is 2.68. The molecule has 0 spiro atoms. The van der Waals surface area contributed by atoms with Gasteiger partial charge in [0.1, 0.15) is 6.04 Å². The number of hydrogen-bond donors (Lipinski definition) is 3. The van der Waals surface area contributed by atoms with Crippen molar-refractivity contribution in [3.8, 4) is 0 Å². The molecule has 0 aromatic heterocycles. The van der Waals surface area contributed by atoms with Gasteiger partial charge in [-0.25, -0.2) is 0 Å². The number of carbonyl (C=O) groups is 1. The summed E-state index contributed by atoms with van der Waals surface area (Å²) in [5.74, 6) is 4.12. The molecule has 4 nitrogen and oxygen atoms in total. The molecule has 4 aliphatic rings. The van der Waals surface area contributed by atoms with Gasteiger partial charge in [0.05, 0.1) is 6.10 Å². The van der Waals surface area contributed by atoms with Gasteiger partial charge in [0.15, 0.2) is 0 Å². The molecule has 0 radical (unpaired) electrons. The maximum Gasteiger partial charge on any atom is 0.321 e. The van der Waals surface area contributed by atoms with Gasteiger partial charge in [-0.1, -0.05) is 51.1 Å². The van der Waals surface area contributed by atoms with Gasteiger partial charge in [0.25, 0.3) is 0 Å². The van der Waals surface area contributed by atoms with Crippen LogP contribution in [0.5, 0.6) is 0 Å². The van der Waals surface area contributed by atoms with Crippen LogP contribution in [0.4, 0.5) is 0 Å². The molecule has 0 unspecified atom stereocenters. The molecule has 10 atom stereocenters. The van der Waals surface area contributed by atoms with Gasteiger partial charge in [-0.05, 0) is 135 Å². The van der Waals surface area contributed by atoms with Crippen LogP contribution in [0.25, 0.3) is 0 Å². The van der Waals surface area contributed by atoms with E-state index in [1.807, 2.05) is 30.3 Å². The molecule has 1 aromatic rings. The fourth-order valence-corrected chi connectivity index (χ4v) is 10.2. The second kappa shape index (κ2) is 11.0. The first-order valence-corrected chi connectivity index (χ1v) is 15.4. The first-order valence-electron chi connectivity index (χ1n) is 15.4. The second-order valence-corrected chi connectivity index (χ2v) is 14.0. The predicted molar refractivity (Wildman–Crippen MR) is 149 cm³/mol. The van der Waals surface area contributed by atoms with Crippen molar-refractivity contribution in [1.82, 2.24) is 5.32 Å². The number of aliphatic hydroxyl groups is 1. The summed E-state index contributed by atoms with van der Waals surface area (Å²) in [5.41, 5.74) is 2.00. The molecule has 4 saturated carbocycles. The number of carboxylic acid groups (broad SMARTS) is 1. The normalized spacial score (nSPS) is 40.8. The first-order chi connectivity index (χ1) is 17.7. The lowest BCUT2D eigenvalue weighted by Gasteiger charge is -2.61. The molecule has 0 heterocycles. The van der Waals surface area contributed by atoms with E-state index in [1.54, 1.807) is 0 Å². The Kier molecular flexibility index (Phi) is 8.08. The van der Waals surface area contributed by atoms with Crippen molar-refractivity contribution < 1.29 is 15.0 Å². The maximum atomic E-state index is 11.8. The Balaban J connectivity index is 1.15. The number of carboxylic acids is 1. The van der Waals surface area contributed by atoms with E-state index in [4.69, 9.17) is 0 Å². The SMILES string of the molecule is C[C@H](CCCN[C@@H](Cc1ccccc1)C(=O)O)[C@H]1CC[C@H]2[C@@H]3CC[C@@H]4C[C@H](O)CC[C@]4(C)[C@H]3CC[C@]12C. The largest absolute Gasteiger partial charge is 0.480 e. The van der Waals surface area contributed by atoms with Gasteiger partial charge in [0.2, 0.25) is 0 Å². The molecule has 0 amide bonds. The predicted octanol–water partition coefficient (Wildman–Crippen LogP) is 6.71. The minimum absolute atomic E-state index is 0.0567. The standard InChI is InChI=1S/C33H51NO3/c1-22(8-7-19-34-30(31(36)37)20-23-9-5-4-6-10-23)27-13-14-28-26-12-11-24-21-25(35)15-17-32(24,2)29(26)16-18-33(27,28)3/h4-6,9-10,22,24-30,34-35H,7-8,11-21H2,1-3H3,(H,36,37)/t22-,24-,25-,26+,27-,28+,29+,30+,32+,33-/m1/s1. The molecule has 0 saturated heterocycles. The summed E-state index contributed by atoms with van der Waals surface area (Å²) in [6, 6.07) is 9.43. The van der Waals surface area contributed by atoms with Gasteiger partial charge in [0, 0.05) is 0 Å². The van der Waals surface area contributed by atoms with E-state index in [0.29, 0.717) is 23.2 Å². The van der Waals surface area contributed by atoms with Gasteiger partial charge < -0.3 is 15.5 Å². The average Bonchev–Trinajstić information content (AvgIpc) is 3.24. The van der Waals surface area contributed by atoms with E-state index < -0.39 is 12.0 Å². The lowest BCUT2D eigenvalue weighted by atomic mass is 9.44. The molecule has 3 N–H and O–H groups in total. The second-order valence-electron chi connectivity index (χ2n) is 14.0. The van der Waals surface area contributed by atoms with Crippen LogP contribution in [-0.4, -0.2) is 34.9 Å². The Morgan fingerprint density at radius 1 is 1.00 bits per heavy atom. The lowest BCUT2D eigenvalue weighted by molar-refractivity contribution is -0.139. The molecule has 4 fully saturated rings.